The summed E-state index contributed by atoms with van der Waals surface area (Å²) in [5.74, 6) is -0.177. The minimum atomic E-state index is -4.48. The number of hydrogen-bond donors (Lipinski definition) is 1. The van der Waals surface area contributed by atoms with Crippen LogP contribution >= 0.6 is 0 Å². The van der Waals surface area contributed by atoms with Gasteiger partial charge in [-0.15, -0.1) is 0 Å². The lowest BCUT2D eigenvalue weighted by Crippen LogP contribution is -2.18. The van der Waals surface area contributed by atoms with Crippen LogP contribution in [0.2, 0.25) is 0 Å². The van der Waals surface area contributed by atoms with Crippen LogP contribution in [0.4, 0.5) is 19.0 Å². The SMILES string of the molecule is CC(C)(C)c1ccc(C(Nc2ncccc2C(F)(F)F)c2ccccc2)cc1. The fourth-order valence-corrected chi connectivity index (χ4v) is 3.07. The van der Waals surface area contributed by atoms with E-state index in [4.69, 9.17) is 0 Å². The van der Waals surface area contributed by atoms with E-state index in [1.54, 1.807) is 0 Å². The van der Waals surface area contributed by atoms with Crippen LogP contribution < -0.4 is 5.32 Å². The third kappa shape index (κ3) is 4.53. The maximum absolute atomic E-state index is 13.4. The summed E-state index contributed by atoms with van der Waals surface area (Å²) in [6.07, 6.45) is -3.11. The number of halogens is 3. The highest BCUT2D eigenvalue weighted by Crippen LogP contribution is 2.36. The zero-order chi connectivity index (χ0) is 20.4. The van der Waals surface area contributed by atoms with Gasteiger partial charge < -0.3 is 5.32 Å². The molecular formula is C23H23F3N2. The Hall–Kier alpha value is -2.82. The van der Waals surface area contributed by atoms with Crippen molar-refractivity contribution in [3.05, 3.63) is 95.2 Å². The van der Waals surface area contributed by atoms with Gasteiger partial charge in [0.2, 0.25) is 0 Å². The summed E-state index contributed by atoms with van der Waals surface area (Å²) < 4.78 is 40.2. The van der Waals surface area contributed by atoms with Gasteiger partial charge in [0.1, 0.15) is 5.82 Å². The van der Waals surface area contributed by atoms with Crippen LogP contribution in [0.3, 0.4) is 0 Å². The van der Waals surface area contributed by atoms with Gasteiger partial charge in [-0.05, 0) is 34.2 Å². The highest BCUT2D eigenvalue weighted by molar-refractivity contribution is 5.51. The molecule has 0 fully saturated rings. The van der Waals surface area contributed by atoms with E-state index in [1.165, 1.54) is 12.3 Å². The quantitative estimate of drug-likeness (QED) is 0.548. The van der Waals surface area contributed by atoms with Crippen LogP contribution in [0.1, 0.15) is 49.1 Å². The first-order valence-corrected chi connectivity index (χ1v) is 9.10. The molecule has 0 saturated heterocycles. The van der Waals surface area contributed by atoms with E-state index in [9.17, 15) is 13.2 Å². The smallest absolute Gasteiger partial charge is 0.359 e. The third-order valence-electron chi connectivity index (χ3n) is 4.64. The van der Waals surface area contributed by atoms with Crippen molar-refractivity contribution in [3.8, 4) is 0 Å². The Morgan fingerprint density at radius 1 is 0.786 bits per heavy atom. The first-order valence-electron chi connectivity index (χ1n) is 9.10. The Bertz CT molecular complexity index is 911. The molecule has 5 heteroatoms. The lowest BCUT2D eigenvalue weighted by atomic mass is 9.86. The van der Waals surface area contributed by atoms with E-state index in [-0.39, 0.29) is 11.2 Å². The highest BCUT2D eigenvalue weighted by Gasteiger charge is 2.34. The molecule has 1 aromatic heterocycles. The molecule has 0 aliphatic carbocycles. The molecule has 0 spiro atoms. The number of benzene rings is 2. The Balaban J connectivity index is 2.03. The number of aromatic nitrogens is 1. The zero-order valence-corrected chi connectivity index (χ0v) is 16.1. The predicted octanol–water partition coefficient (Wildman–Crippen LogP) is 6.60. The molecule has 28 heavy (non-hydrogen) atoms. The van der Waals surface area contributed by atoms with Crippen LogP contribution in [-0.4, -0.2) is 4.98 Å². The van der Waals surface area contributed by atoms with Crippen LogP contribution in [0.5, 0.6) is 0 Å². The minimum absolute atomic E-state index is 0.00135. The van der Waals surface area contributed by atoms with Gasteiger partial charge in [0, 0.05) is 6.20 Å². The lowest BCUT2D eigenvalue weighted by Gasteiger charge is -2.24. The molecule has 0 radical (unpaired) electrons. The second kappa shape index (κ2) is 7.66. The Labute approximate surface area is 163 Å². The van der Waals surface area contributed by atoms with Gasteiger partial charge in [-0.25, -0.2) is 4.98 Å². The number of pyridine rings is 1. The van der Waals surface area contributed by atoms with Gasteiger partial charge in [0.25, 0.3) is 0 Å². The van der Waals surface area contributed by atoms with E-state index in [2.05, 4.69) is 31.1 Å². The lowest BCUT2D eigenvalue weighted by molar-refractivity contribution is -0.137. The van der Waals surface area contributed by atoms with E-state index < -0.39 is 17.8 Å². The number of nitrogens with zero attached hydrogens (tertiary/aromatic N) is 1. The zero-order valence-electron chi connectivity index (χ0n) is 16.1. The van der Waals surface area contributed by atoms with Crippen molar-refractivity contribution in [3.63, 3.8) is 0 Å². The van der Waals surface area contributed by atoms with E-state index in [0.29, 0.717) is 0 Å². The Morgan fingerprint density at radius 2 is 1.39 bits per heavy atom. The van der Waals surface area contributed by atoms with E-state index in [1.807, 2.05) is 54.6 Å². The monoisotopic (exact) mass is 384 g/mol. The van der Waals surface area contributed by atoms with E-state index >= 15 is 0 Å². The number of rotatable bonds is 4. The normalized spacial score (nSPS) is 13.2. The molecule has 0 saturated carbocycles. The van der Waals surface area contributed by atoms with Crippen LogP contribution in [-0.2, 0) is 11.6 Å². The standard InChI is InChI=1S/C23H23F3N2/c1-22(2,3)18-13-11-17(12-14-18)20(16-8-5-4-6-9-16)28-21-19(23(24,25)26)10-7-15-27-21/h4-15,20H,1-3H3,(H,27,28). The molecule has 1 heterocycles. The van der Waals surface area contributed by atoms with Crippen molar-refractivity contribution in [1.82, 2.24) is 4.98 Å². The van der Waals surface area contributed by atoms with Gasteiger partial charge in [-0.3, -0.25) is 0 Å². The fourth-order valence-electron chi connectivity index (χ4n) is 3.07. The molecule has 3 aromatic rings. The van der Waals surface area contributed by atoms with Gasteiger partial charge >= 0.3 is 6.18 Å². The second-order valence-corrected chi connectivity index (χ2v) is 7.76. The van der Waals surface area contributed by atoms with Gasteiger partial charge in [0.15, 0.2) is 0 Å². The first kappa shape index (κ1) is 19.9. The molecule has 1 atom stereocenters. The summed E-state index contributed by atoms with van der Waals surface area (Å²) in [6.45, 7) is 6.37. The van der Waals surface area contributed by atoms with Crippen molar-refractivity contribution in [1.29, 1.82) is 0 Å². The summed E-state index contributed by atoms with van der Waals surface area (Å²) in [5.41, 5.74) is 2.13. The molecule has 0 aliphatic heterocycles. The van der Waals surface area contributed by atoms with Crippen LogP contribution in [0.15, 0.2) is 72.9 Å². The van der Waals surface area contributed by atoms with Crippen LogP contribution in [0.25, 0.3) is 0 Å². The molecule has 1 unspecified atom stereocenters. The second-order valence-electron chi connectivity index (χ2n) is 7.76. The molecule has 0 aliphatic rings. The highest BCUT2D eigenvalue weighted by atomic mass is 19.4. The molecule has 2 aromatic carbocycles. The fraction of sp³-hybridized carbons (Fsp3) is 0.261. The average Bonchev–Trinajstić information content (AvgIpc) is 2.66. The summed E-state index contributed by atoms with van der Waals surface area (Å²) in [6, 6.07) is 19.3. The molecule has 0 bridgehead atoms. The van der Waals surface area contributed by atoms with Crippen molar-refractivity contribution >= 4 is 5.82 Å². The van der Waals surface area contributed by atoms with Gasteiger partial charge in [-0.1, -0.05) is 75.4 Å². The maximum Gasteiger partial charge on any atom is 0.419 e. The van der Waals surface area contributed by atoms with Gasteiger partial charge in [0.05, 0.1) is 11.6 Å². The van der Waals surface area contributed by atoms with Crippen LogP contribution in [0, 0.1) is 0 Å². The number of hydrogen-bond acceptors (Lipinski definition) is 2. The van der Waals surface area contributed by atoms with Crippen molar-refractivity contribution in [2.45, 2.75) is 38.4 Å². The number of anilines is 1. The first-order chi connectivity index (χ1) is 13.2. The maximum atomic E-state index is 13.4. The van der Waals surface area contributed by atoms with Crippen molar-refractivity contribution < 1.29 is 13.2 Å². The summed E-state index contributed by atoms with van der Waals surface area (Å²) in [5, 5.41) is 3.01. The average molecular weight is 384 g/mol. The molecular weight excluding hydrogens is 361 g/mol. The largest absolute Gasteiger partial charge is 0.419 e. The van der Waals surface area contributed by atoms with E-state index in [0.717, 1.165) is 22.8 Å². The Morgan fingerprint density at radius 3 is 1.96 bits per heavy atom. The summed E-state index contributed by atoms with van der Waals surface area (Å²) in [7, 11) is 0. The molecule has 0 amide bonds. The summed E-state index contributed by atoms with van der Waals surface area (Å²) in [4.78, 5) is 3.96. The molecule has 146 valence electrons. The molecule has 2 nitrogen and oxygen atoms in total. The van der Waals surface area contributed by atoms with Crippen molar-refractivity contribution in [2.24, 2.45) is 0 Å². The Kier molecular flexibility index (Phi) is 5.45. The topological polar surface area (TPSA) is 24.9 Å². The molecule has 3 rings (SSSR count). The number of alkyl halides is 3. The summed E-state index contributed by atoms with van der Waals surface area (Å²) >= 11 is 0. The van der Waals surface area contributed by atoms with Gasteiger partial charge in [-0.2, -0.15) is 13.2 Å². The predicted molar refractivity (Wildman–Crippen MR) is 106 cm³/mol. The molecule has 1 N–H and O–H groups in total. The number of nitrogens with one attached hydrogen (secondary N) is 1. The minimum Gasteiger partial charge on any atom is -0.359 e. The third-order valence-corrected chi connectivity index (χ3v) is 4.64. The van der Waals surface area contributed by atoms with Crippen molar-refractivity contribution in [2.75, 3.05) is 5.32 Å².